The minimum absolute atomic E-state index is 0.997. The zero-order chi connectivity index (χ0) is 16.4. The molecule has 0 aliphatic rings. The highest BCUT2D eigenvalue weighted by Crippen LogP contribution is 2.10. The molecule has 0 aliphatic carbocycles. The molecule has 0 N–H and O–H groups in total. The third-order valence-corrected chi connectivity index (χ3v) is 3.15. The number of benzene rings is 2. The SMILES string of the molecule is C=Cc1ccc(CN(C)C)cc1.C=Cc1ccccc1C=C. The fraction of sp³-hybridized carbons (Fsp3) is 0.143. The van der Waals surface area contributed by atoms with Crippen molar-refractivity contribution in [2.24, 2.45) is 0 Å². The summed E-state index contributed by atoms with van der Waals surface area (Å²) in [7, 11) is 4.14. The van der Waals surface area contributed by atoms with Gasteiger partial charge in [-0.3, -0.25) is 0 Å². The largest absolute Gasteiger partial charge is 0.305 e. The molecule has 0 heterocycles. The average molecular weight is 291 g/mol. The van der Waals surface area contributed by atoms with Crippen molar-refractivity contribution in [2.75, 3.05) is 14.1 Å². The lowest BCUT2D eigenvalue weighted by Crippen LogP contribution is -2.10. The molecule has 114 valence electrons. The minimum Gasteiger partial charge on any atom is -0.305 e. The second kappa shape index (κ2) is 9.54. The molecule has 0 aromatic heterocycles. The zero-order valence-corrected chi connectivity index (χ0v) is 13.6. The lowest BCUT2D eigenvalue weighted by atomic mass is 10.1. The zero-order valence-electron chi connectivity index (χ0n) is 13.6. The first kappa shape index (κ1) is 17.7. The monoisotopic (exact) mass is 291 g/mol. The molecule has 22 heavy (non-hydrogen) atoms. The van der Waals surface area contributed by atoms with Crippen LogP contribution in [0.15, 0.2) is 68.3 Å². The van der Waals surface area contributed by atoms with Crippen LogP contribution in [0.1, 0.15) is 22.3 Å². The molecule has 0 radical (unpaired) electrons. The van der Waals surface area contributed by atoms with Gasteiger partial charge in [0.15, 0.2) is 0 Å². The Hall–Kier alpha value is -2.38. The van der Waals surface area contributed by atoms with Gasteiger partial charge in [-0.2, -0.15) is 0 Å². The van der Waals surface area contributed by atoms with E-state index in [0.717, 1.165) is 17.7 Å². The standard InChI is InChI=1S/C11H15N.C10H10/c1-4-10-5-7-11(8-6-10)9-12(2)3;1-3-9-7-5-6-8-10(9)4-2/h4-8H,1,9H2,2-3H3;3-8H,1-2H2. The van der Waals surface area contributed by atoms with E-state index >= 15 is 0 Å². The van der Waals surface area contributed by atoms with Crippen LogP contribution >= 0.6 is 0 Å². The second-order valence-electron chi connectivity index (χ2n) is 5.22. The van der Waals surface area contributed by atoms with E-state index in [2.05, 4.69) is 63.0 Å². The van der Waals surface area contributed by atoms with E-state index in [0.29, 0.717) is 0 Å². The molecule has 0 spiro atoms. The predicted octanol–water partition coefficient (Wildman–Crippen LogP) is 5.36. The molecular weight excluding hydrogens is 266 g/mol. The molecule has 0 unspecified atom stereocenters. The van der Waals surface area contributed by atoms with Gasteiger partial charge in [-0.25, -0.2) is 0 Å². The first-order valence-electron chi connectivity index (χ1n) is 7.30. The molecule has 0 bridgehead atoms. The van der Waals surface area contributed by atoms with Gasteiger partial charge in [-0.15, -0.1) is 0 Å². The maximum atomic E-state index is 3.71. The third kappa shape index (κ3) is 5.94. The summed E-state index contributed by atoms with van der Waals surface area (Å²) in [6.07, 6.45) is 5.52. The van der Waals surface area contributed by atoms with Gasteiger partial charge < -0.3 is 4.90 Å². The number of nitrogens with zero attached hydrogens (tertiary/aromatic N) is 1. The minimum atomic E-state index is 0.997. The molecule has 2 aromatic carbocycles. The summed E-state index contributed by atoms with van der Waals surface area (Å²) in [5.41, 5.74) is 4.79. The van der Waals surface area contributed by atoms with Gasteiger partial charge in [0, 0.05) is 6.54 Å². The summed E-state index contributed by atoms with van der Waals surface area (Å²) < 4.78 is 0. The Balaban J connectivity index is 0.000000224. The van der Waals surface area contributed by atoms with Crippen molar-refractivity contribution in [1.29, 1.82) is 0 Å². The Morgan fingerprint density at radius 1 is 0.773 bits per heavy atom. The van der Waals surface area contributed by atoms with Crippen LogP contribution in [-0.4, -0.2) is 19.0 Å². The van der Waals surface area contributed by atoms with Crippen LogP contribution in [-0.2, 0) is 6.54 Å². The van der Waals surface area contributed by atoms with Crippen LogP contribution in [0.3, 0.4) is 0 Å². The fourth-order valence-electron chi connectivity index (χ4n) is 2.01. The van der Waals surface area contributed by atoms with Gasteiger partial charge in [-0.1, -0.05) is 86.5 Å². The van der Waals surface area contributed by atoms with E-state index in [1.807, 2.05) is 42.5 Å². The maximum absolute atomic E-state index is 3.71. The lowest BCUT2D eigenvalue weighted by Gasteiger charge is -2.09. The fourth-order valence-corrected chi connectivity index (χ4v) is 2.01. The molecule has 0 atom stereocenters. The summed E-state index contributed by atoms with van der Waals surface area (Å²) in [6.45, 7) is 12.1. The smallest absolute Gasteiger partial charge is 0.0227 e. The van der Waals surface area contributed by atoms with E-state index in [9.17, 15) is 0 Å². The summed E-state index contributed by atoms with van der Waals surface area (Å²) in [6, 6.07) is 16.5. The van der Waals surface area contributed by atoms with Crippen LogP contribution in [0.25, 0.3) is 18.2 Å². The topological polar surface area (TPSA) is 3.24 Å². The lowest BCUT2D eigenvalue weighted by molar-refractivity contribution is 0.402. The highest BCUT2D eigenvalue weighted by Gasteiger charge is 1.93. The van der Waals surface area contributed by atoms with Gasteiger partial charge in [0.1, 0.15) is 0 Å². The highest BCUT2D eigenvalue weighted by atomic mass is 15.0. The number of hydrogen-bond acceptors (Lipinski definition) is 1. The summed E-state index contributed by atoms with van der Waals surface area (Å²) in [5, 5.41) is 0. The normalized spacial score (nSPS) is 9.59. The Morgan fingerprint density at radius 3 is 1.64 bits per heavy atom. The third-order valence-electron chi connectivity index (χ3n) is 3.15. The van der Waals surface area contributed by atoms with Gasteiger partial charge in [0.05, 0.1) is 0 Å². The van der Waals surface area contributed by atoms with Crippen molar-refractivity contribution in [3.05, 3.63) is 90.5 Å². The van der Waals surface area contributed by atoms with Gasteiger partial charge in [-0.05, 0) is 36.3 Å². The van der Waals surface area contributed by atoms with E-state index < -0.39 is 0 Å². The second-order valence-corrected chi connectivity index (χ2v) is 5.22. The van der Waals surface area contributed by atoms with Crippen LogP contribution < -0.4 is 0 Å². The molecular formula is C21H25N. The Kier molecular flexibility index (Phi) is 7.66. The van der Waals surface area contributed by atoms with E-state index in [-0.39, 0.29) is 0 Å². The quantitative estimate of drug-likeness (QED) is 0.716. The first-order valence-corrected chi connectivity index (χ1v) is 7.30. The van der Waals surface area contributed by atoms with E-state index in [1.165, 1.54) is 11.1 Å². The average Bonchev–Trinajstić information content (AvgIpc) is 2.55. The predicted molar refractivity (Wildman–Crippen MR) is 101 cm³/mol. The summed E-state index contributed by atoms with van der Waals surface area (Å²) in [4.78, 5) is 2.16. The van der Waals surface area contributed by atoms with Crippen molar-refractivity contribution in [1.82, 2.24) is 4.90 Å². The van der Waals surface area contributed by atoms with Crippen molar-refractivity contribution in [2.45, 2.75) is 6.54 Å². The molecule has 1 heteroatoms. The van der Waals surface area contributed by atoms with Crippen LogP contribution in [0.4, 0.5) is 0 Å². The Bertz CT molecular complexity index is 579. The van der Waals surface area contributed by atoms with Gasteiger partial charge in [0.2, 0.25) is 0 Å². The molecule has 0 fully saturated rings. The molecule has 0 aliphatic heterocycles. The molecule has 1 nitrogen and oxygen atoms in total. The first-order chi connectivity index (χ1) is 10.6. The molecule has 0 saturated carbocycles. The highest BCUT2D eigenvalue weighted by molar-refractivity contribution is 5.63. The van der Waals surface area contributed by atoms with Crippen LogP contribution in [0.2, 0.25) is 0 Å². The number of rotatable bonds is 5. The van der Waals surface area contributed by atoms with Crippen LogP contribution in [0, 0.1) is 0 Å². The molecule has 2 aromatic rings. The van der Waals surface area contributed by atoms with Gasteiger partial charge in [0.25, 0.3) is 0 Å². The van der Waals surface area contributed by atoms with E-state index in [1.54, 1.807) is 0 Å². The van der Waals surface area contributed by atoms with Crippen molar-refractivity contribution in [3.8, 4) is 0 Å². The van der Waals surface area contributed by atoms with Crippen molar-refractivity contribution in [3.63, 3.8) is 0 Å². The Morgan fingerprint density at radius 2 is 1.27 bits per heavy atom. The molecule has 2 rings (SSSR count). The van der Waals surface area contributed by atoms with Crippen LogP contribution in [0.5, 0.6) is 0 Å². The van der Waals surface area contributed by atoms with Crippen molar-refractivity contribution < 1.29 is 0 Å². The summed E-state index contributed by atoms with van der Waals surface area (Å²) >= 11 is 0. The Labute approximate surface area is 134 Å². The maximum Gasteiger partial charge on any atom is 0.0227 e. The summed E-state index contributed by atoms with van der Waals surface area (Å²) in [5.74, 6) is 0. The van der Waals surface area contributed by atoms with Crippen molar-refractivity contribution >= 4 is 18.2 Å². The van der Waals surface area contributed by atoms with E-state index in [4.69, 9.17) is 0 Å². The molecule has 0 amide bonds. The van der Waals surface area contributed by atoms with Gasteiger partial charge >= 0.3 is 0 Å². The number of hydrogen-bond donors (Lipinski definition) is 0. The molecule has 0 saturated heterocycles.